The summed E-state index contributed by atoms with van der Waals surface area (Å²) in [5.41, 5.74) is 1.95. The molecule has 1 heterocycles. The molecule has 7 nitrogen and oxygen atoms in total. The number of ether oxygens (including phenoxy) is 2. The molecule has 7 heteroatoms. The third-order valence-electron chi connectivity index (χ3n) is 4.72. The first-order valence-corrected chi connectivity index (χ1v) is 9.75. The highest BCUT2D eigenvalue weighted by Crippen LogP contribution is 2.28. The van der Waals surface area contributed by atoms with Gasteiger partial charge in [-0.1, -0.05) is 17.3 Å². The minimum atomic E-state index is -0.0673. The van der Waals surface area contributed by atoms with Crippen LogP contribution in [0.4, 0.5) is 5.69 Å². The van der Waals surface area contributed by atoms with E-state index in [4.69, 9.17) is 14.3 Å². The molecule has 0 radical (unpaired) electrons. The number of oxime groups is 1. The number of rotatable bonds is 8. The SMILES string of the molecule is CCOc1ccccc1N1CCN(C(=O)CO/N=C\c2ccc(OC)cc2)CC1. The Kier molecular flexibility index (Phi) is 7.33. The van der Waals surface area contributed by atoms with E-state index in [-0.39, 0.29) is 12.5 Å². The lowest BCUT2D eigenvalue weighted by atomic mass is 10.2. The monoisotopic (exact) mass is 397 g/mol. The number of carbonyl (C=O) groups excluding carboxylic acids is 1. The van der Waals surface area contributed by atoms with Gasteiger partial charge in [0, 0.05) is 26.2 Å². The summed E-state index contributed by atoms with van der Waals surface area (Å²) in [5.74, 6) is 1.60. The average Bonchev–Trinajstić information content (AvgIpc) is 2.78. The molecule has 0 saturated carbocycles. The molecule has 154 valence electrons. The fourth-order valence-electron chi connectivity index (χ4n) is 3.16. The number of hydrogen-bond acceptors (Lipinski definition) is 6. The van der Waals surface area contributed by atoms with Crippen molar-refractivity contribution in [3.63, 3.8) is 0 Å². The molecule has 0 atom stereocenters. The van der Waals surface area contributed by atoms with Crippen LogP contribution in [-0.2, 0) is 9.63 Å². The van der Waals surface area contributed by atoms with Crippen LogP contribution in [0.1, 0.15) is 12.5 Å². The molecule has 2 aromatic carbocycles. The summed E-state index contributed by atoms with van der Waals surface area (Å²) < 4.78 is 10.8. The lowest BCUT2D eigenvalue weighted by Gasteiger charge is -2.36. The quantitative estimate of drug-likeness (QED) is 0.506. The number of para-hydroxylation sites is 2. The van der Waals surface area contributed by atoms with Crippen LogP contribution in [0.5, 0.6) is 11.5 Å². The van der Waals surface area contributed by atoms with Crippen LogP contribution in [0, 0.1) is 0 Å². The van der Waals surface area contributed by atoms with Crippen molar-refractivity contribution in [2.24, 2.45) is 5.16 Å². The summed E-state index contributed by atoms with van der Waals surface area (Å²) in [4.78, 5) is 21.6. The van der Waals surface area contributed by atoms with Crippen LogP contribution >= 0.6 is 0 Å². The number of nitrogens with zero attached hydrogens (tertiary/aromatic N) is 3. The van der Waals surface area contributed by atoms with Crippen molar-refractivity contribution < 1.29 is 19.1 Å². The molecule has 29 heavy (non-hydrogen) atoms. The van der Waals surface area contributed by atoms with E-state index in [1.54, 1.807) is 13.3 Å². The van der Waals surface area contributed by atoms with Gasteiger partial charge >= 0.3 is 0 Å². The van der Waals surface area contributed by atoms with Crippen LogP contribution in [0.15, 0.2) is 53.7 Å². The molecule has 2 aromatic rings. The molecule has 0 bridgehead atoms. The summed E-state index contributed by atoms with van der Waals surface area (Å²) in [6.45, 7) is 5.34. The molecular formula is C22H27N3O4. The van der Waals surface area contributed by atoms with Gasteiger partial charge in [-0.05, 0) is 48.9 Å². The topological polar surface area (TPSA) is 63.6 Å². The van der Waals surface area contributed by atoms with Gasteiger partial charge in [0.1, 0.15) is 11.5 Å². The second kappa shape index (κ2) is 10.4. The zero-order valence-electron chi connectivity index (χ0n) is 16.9. The van der Waals surface area contributed by atoms with E-state index < -0.39 is 0 Å². The van der Waals surface area contributed by atoms with E-state index >= 15 is 0 Å². The van der Waals surface area contributed by atoms with Crippen LogP contribution in [0.25, 0.3) is 0 Å². The van der Waals surface area contributed by atoms with Crippen LogP contribution < -0.4 is 14.4 Å². The Bertz CT molecular complexity index is 815. The molecule has 0 aliphatic carbocycles. The predicted molar refractivity (Wildman–Crippen MR) is 113 cm³/mol. The van der Waals surface area contributed by atoms with Gasteiger partial charge in [0.25, 0.3) is 5.91 Å². The van der Waals surface area contributed by atoms with Crippen LogP contribution in [-0.4, -0.2) is 63.5 Å². The fraction of sp³-hybridized carbons (Fsp3) is 0.364. The van der Waals surface area contributed by atoms with Crippen molar-refractivity contribution >= 4 is 17.8 Å². The van der Waals surface area contributed by atoms with Gasteiger partial charge in [-0.15, -0.1) is 0 Å². The van der Waals surface area contributed by atoms with E-state index in [9.17, 15) is 4.79 Å². The molecular weight excluding hydrogens is 370 g/mol. The van der Waals surface area contributed by atoms with E-state index in [0.717, 1.165) is 35.8 Å². The number of methoxy groups -OCH3 is 1. The highest BCUT2D eigenvalue weighted by atomic mass is 16.6. The number of benzene rings is 2. The number of hydrogen-bond donors (Lipinski definition) is 0. The van der Waals surface area contributed by atoms with Crippen molar-refractivity contribution in [1.82, 2.24) is 4.90 Å². The summed E-state index contributed by atoms with van der Waals surface area (Å²) in [6, 6.07) is 15.4. The minimum Gasteiger partial charge on any atom is -0.497 e. The summed E-state index contributed by atoms with van der Waals surface area (Å²) in [5, 5.41) is 3.89. The maximum absolute atomic E-state index is 12.4. The molecule has 0 spiro atoms. The smallest absolute Gasteiger partial charge is 0.263 e. The van der Waals surface area contributed by atoms with Gasteiger partial charge in [-0.2, -0.15) is 0 Å². The van der Waals surface area contributed by atoms with Gasteiger partial charge in [0.05, 0.1) is 25.6 Å². The standard InChI is InChI=1S/C22H27N3O4/c1-3-28-21-7-5-4-6-20(21)24-12-14-25(15-13-24)22(26)17-29-23-16-18-8-10-19(27-2)11-9-18/h4-11,16H,3,12-15,17H2,1-2H3/b23-16-. The van der Waals surface area contributed by atoms with Gasteiger partial charge in [0.2, 0.25) is 0 Å². The Morgan fingerprint density at radius 2 is 1.79 bits per heavy atom. The average molecular weight is 397 g/mol. The van der Waals surface area contributed by atoms with Crippen LogP contribution in [0.2, 0.25) is 0 Å². The van der Waals surface area contributed by atoms with Gasteiger partial charge < -0.3 is 24.1 Å². The summed E-state index contributed by atoms with van der Waals surface area (Å²) >= 11 is 0. The highest BCUT2D eigenvalue weighted by Gasteiger charge is 2.23. The van der Waals surface area contributed by atoms with E-state index in [2.05, 4.69) is 16.1 Å². The molecule has 1 saturated heterocycles. The Labute approximate surface area is 171 Å². The summed E-state index contributed by atoms with van der Waals surface area (Å²) in [7, 11) is 1.62. The largest absolute Gasteiger partial charge is 0.497 e. The Morgan fingerprint density at radius 1 is 1.07 bits per heavy atom. The maximum Gasteiger partial charge on any atom is 0.263 e. The Hall–Kier alpha value is -3.22. The predicted octanol–water partition coefficient (Wildman–Crippen LogP) is 2.79. The molecule has 0 N–H and O–H groups in total. The number of anilines is 1. The van der Waals surface area contributed by atoms with E-state index in [1.165, 1.54) is 0 Å². The van der Waals surface area contributed by atoms with Gasteiger partial charge in [-0.3, -0.25) is 4.79 Å². The lowest BCUT2D eigenvalue weighted by molar-refractivity contribution is -0.136. The molecule has 1 aliphatic rings. The molecule has 1 amide bonds. The zero-order valence-corrected chi connectivity index (χ0v) is 16.9. The summed E-state index contributed by atoms with van der Waals surface area (Å²) in [6.07, 6.45) is 1.58. The molecule has 1 fully saturated rings. The second-order valence-corrected chi connectivity index (χ2v) is 6.55. The Balaban J connectivity index is 1.44. The van der Waals surface area contributed by atoms with Crippen molar-refractivity contribution in [3.8, 4) is 11.5 Å². The van der Waals surface area contributed by atoms with Crippen molar-refractivity contribution in [3.05, 3.63) is 54.1 Å². The van der Waals surface area contributed by atoms with E-state index in [0.29, 0.717) is 19.7 Å². The molecule has 3 rings (SSSR count). The maximum atomic E-state index is 12.4. The van der Waals surface area contributed by atoms with Crippen molar-refractivity contribution in [2.45, 2.75) is 6.92 Å². The first-order chi connectivity index (χ1) is 14.2. The minimum absolute atomic E-state index is 0.0605. The highest BCUT2D eigenvalue weighted by molar-refractivity contribution is 5.80. The zero-order chi connectivity index (χ0) is 20.5. The Morgan fingerprint density at radius 3 is 2.48 bits per heavy atom. The molecule has 1 aliphatic heterocycles. The van der Waals surface area contributed by atoms with Crippen LogP contribution in [0.3, 0.4) is 0 Å². The normalized spacial score (nSPS) is 14.1. The van der Waals surface area contributed by atoms with E-state index in [1.807, 2.05) is 54.3 Å². The van der Waals surface area contributed by atoms with Gasteiger partial charge in [0.15, 0.2) is 6.61 Å². The lowest BCUT2D eigenvalue weighted by Crippen LogP contribution is -2.49. The number of amides is 1. The third kappa shape index (κ3) is 5.63. The van der Waals surface area contributed by atoms with Crippen molar-refractivity contribution in [1.29, 1.82) is 0 Å². The second-order valence-electron chi connectivity index (χ2n) is 6.55. The first kappa shape index (κ1) is 20.5. The first-order valence-electron chi connectivity index (χ1n) is 9.75. The molecule has 0 unspecified atom stereocenters. The van der Waals surface area contributed by atoms with Crippen molar-refractivity contribution in [2.75, 3.05) is 51.4 Å². The number of carbonyl (C=O) groups is 1. The van der Waals surface area contributed by atoms with Gasteiger partial charge in [-0.25, -0.2) is 0 Å². The third-order valence-corrected chi connectivity index (χ3v) is 4.72. The fourth-order valence-corrected chi connectivity index (χ4v) is 3.16. The molecule has 0 aromatic heterocycles. The number of piperazine rings is 1.